The van der Waals surface area contributed by atoms with E-state index in [9.17, 15) is 4.79 Å². The van der Waals surface area contributed by atoms with Gasteiger partial charge in [-0.25, -0.2) is 4.98 Å². The highest BCUT2D eigenvalue weighted by Gasteiger charge is 2.12. The minimum atomic E-state index is 0.107. The molecule has 0 atom stereocenters. The van der Waals surface area contributed by atoms with Crippen molar-refractivity contribution in [2.24, 2.45) is 0 Å². The third-order valence-corrected chi connectivity index (χ3v) is 3.23. The summed E-state index contributed by atoms with van der Waals surface area (Å²) in [5.41, 5.74) is 2.11. The lowest BCUT2D eigenvalue weighted by Gasteiger charge is -2.12. The molecule has 0 saturated carbocycles. The van der Waals surface area contributed by atoms with Gasteiger partial charge in [0, 0.05) is 12.0 Å². The van der Waals surface area contributed by atoms with Gasteiger partial charge in [0.05, 0.1) is 5.69 Å². The van der Waals surface area contributed by atoms with Gasteiger partial charge in [-0.15, -0.1) is 0 Å². The normalized spacial score (nSPS) is 16.3. The van der Waals surface area contributed by atoms with Crippen molar-refractivity contribution in [1.82, 2.24) is 9.97 Å². The van der Waals surface area contributed by atoms with Crippen molar-refractivity contribution in [3.8, 4) is 0 Å². The van der Waals surface area contributed by atoms with Gasteiger partial charge in [-0.2, -0.15) is 0 Å². The van der Waals surface area contributed by atoms with Crippen LogP contribution in [0.5, 0.6) is 0 Å². The molecule has 1 aromatic rings. The van der Waals surface area contributed by atoms with Gasteiger partial charge in [0.2, 0.25) is 0 Å². The van der Waals surface area contributed by atoms with Gasteiger partial charge < -0.3 is 4.98 Å². The lowest BCUT2D eigenvalue weighted by Crippen LogP contribution is -2.21. The highest BCUT2D eigenvalue weighted by molar-refractivity contribution is 5.19. The van der Waals surface area contributed by atoms with E-state index >= 15 is 0 Å². The Hall–Kier alpha value is -1.12. The zero-order chi connectivity index (χ0) is 11.4. The van der Waals surface area contributed by atoms with Crippen LogP contribution >= 0.6 is 0 Å². The molecule has 88 valence electrons. The van der Waals surface area contributed by atoms with Crippen molar-refractivity contribution >= 4 is 0 Å². The van der Waals surface area contributed by atoms with Crippen molar-refractivity contribution in [3.05, 3.63) is 27.4 Å². The lowest BCUT2D eigenvalue weighted by atomic mass is 9.98. The molecule has 1 aliphatic rings. The molecule has 1 N–H and O–H groups in total. The number of hydrogen-bond acceptors (Lipinski definition) is 2. The Kier molecular flexibility index (Phi) is 3.75. The van der Waals surface area contributed by atoms with Crippen molar-refractivity contribution in [2.45, 2.75) is 58.3 Å². The van der Waals surface area contributed by atoms with Crippen molar-refractivity contribution < 1.29 is 0 Å². The fourth-order valence-electron chi connectivity index (χ4n) is 2.36. The molecule has 0 aromatic carbocycles. The number of hydrogen-bond donors (Lipinski definition) is 1. The highest BCUT2D eigenvalue weighted by Crippen LogP contribution is 2.15. The number of rotatable bonds is 2. The Bertz CT molecular complexity index is 409. The maximum Gasteiger partial charge on any atom is 0.254 e. The third-order valence-electron chi connectivity index (χ3n) is 3.23. The summed E-state index contributed by atoms with van der Waals surface area (Å²) in [6.07, 6.45) is 8.62. The molecule has 16 heavy (non-hydrogen) atoms. The van der Waals surface area contributed by atoms with Gasteiger partial charge in [0.15, 0.2) is 0 Å². The van der Waals surface area contributed by atoms with Gasteiger partial charge in [-0.3, -0.25) is 4.79 Å². The van der Waals surface area contributed by atoms with Crippen LogP contribution in [0.1, 0.15) is 56.1 Å². The summed E-state index contributed by atoms with van der Waals surface area (Å²) in [6.45, 7) is 2.11. The maximum absolute atomic E-state index is 11.9. The van der Waals surface area contributed by atoms with Crippen LogP contribution in [-0.2, 0) is 19.3 Å². The maximum atomic E-state index is 11.9. The second-order valence-electron chi connectivity index (χ2n) is 4.60. The Morgan fingerprint density at radius 3 is 2.69 bits per heavy atom. The number of nitrogens with zero attached hydrogens (tertiary/aromatic N) is 1. The smallest absolute Gasteiger partial charge is 0.254 e. The Labute approximate surface area is 96.3 Å². The van der Waals surface area contributed by atoms with E-state index in [1.807, 2.05) is 0 Å². The minimum absolute atomic E-state index is 0.107. The standard InChI is InChI=1S/C13H20N2O/c1-2-7-12-14-11-9-6-4-3-5-8-10(11)13(16)15-12/h2-9H2,1H3,(H,14,15,16). The summed E-state index contributed by atoms with van der Waals surface area (Å²) in [5.74, 6) is 0.867. The monoisotopic (exact) mass is 220 g/mol. The fraction of sp³-hybridized carbons (Fsp3) is 0.692. The van der Waals surface area contributed by atoms with E-state index in [1.165, 1.54) is 19.3 Å². The van der Waals surface area contributed by atoms with Crippen LogP contribution in [0.2, 0.25) is 0 Å². The van der Waals surface area contributed by atoms with Crippen molar-refractivity contribution in [3.63, 3.8) is 0 Å². The quantitative estimate of drug-likeness (QED) is 0.831. The average molecular weight is 220 g/mol. The van der Waals surface area contributed by atoms with E-state index in [2.05, 4.69) is 16.9 Å². The summed E-state index contributed by atoms with van der Waals surface area (Å²) in [6, 6.07) is 0. The van der Waals surface area contributed by atoms with E-state index in [-0.39, 0.29) is 5.56 Å². The van der Waals surface area contributed by atoms with Gasteiger partial charge in [-0.05, 0) is 32.1 Å². The molecule has 0 spiro atoms. The van der Waals surface area contributed by atoms with E-state index in [1.54, 1.807) is 0 Å². The topological polar surface area (TPSA) is 45.8 Å². The van der Waals surface area contributed by atoms with Crippen LogP contribution < -0.4 is 5.56 Å². The average Bonchev–Trinajstić information content (AvgIpc) is 2.21. The molecule has 0 aliphatic heterocycles. The van der Waals surface area contributed by atoms with E-state index in [0.717, 1.165) is 49.2 Å². The number of nitrogens with one attached hydrogen (secondary N) is 1. The van der Waals surface area contributed by atoms with E-state index in [4.69, 9.17) is 0 Å². The molecule has 1 heterocycles. The third kappa shape index (κ3) is 2.52. The first-order chi connectivity index (χ1) is 7.81. The zero-order valence-electron chi connectivity index (χ0n) is 10.0. The number of H-pyrrole nitrogens is 1. The molecular formula is C13H20N2O. The first-order valence-corrected chi connectivity index (χ1v) is 6.42. The van der Waals surface area contributed by atoms with Crippen molar-refractivity contribution in [1.29, 1.82) is 0 Å². The Balaban J connectivity index is 2.35. The lowest BCUT2D eigenvalue weighted by molar-refractivity contribution is 0.598. The Morgan fingerprint density at radius 2 is 1.94 bits per heavy atom. The SMILES string of the molecule is CCCc1nc2c(c(=O)[nH]1)CCCCCC2. The summed E-state index contributed by atoms with van der Waals surface area (Å²) in [5, 5.41) is 0. The molecule has 0 amide bonds. The molecule has 1 aliphatic carbocycles. The number of aromatic amines is 1. The van der Waals surface area contributed by atoms with Gasteiger partial charge in [-0.1, -0.05) is 19.8 Å². The summed E-state index contributed by atoms with van der Waals surface area (Å²) < 4.78 is 0. The second-order valence-corrected chi connectivity index (χ2v) is 4.60. The minimum Gasteiger partial charge on any atom is -0.310 e. The molecule has 0 bridgehead atoms. The van der Waals surface area contributed by atoms with Crippen LogP contribution in [0.25, 0.3) is 0 Å². The van der Waals surface area contributed by atoms with E-state index < -0.39 is 0 Å². The zero-order valence-corrected chi connectivity index (χ0v) is 10.0. The van der Waals surface area contributed by atoms with Crippen LogP contribution in [0.3, 0.4) is 0 Å². The largest absolute Gasteiger partial charge is 0.310 e. The summed E-state index contributed by atoms with van der Waals surface area (Å²) >= 11 is 0. The van der Waals surface area contributed by atoms with Crippen molar-refractivity contribution in [2.75, 3.05) is 0 Å². The summed E-state index contributed by atoms with van der Waals surface area (Å²) in [7, 11) is 0. The summed E-state index contributed by atoms with van der Waals surface area (Å²) in [4.78, 5) is 19.5. The first kappa shape index (κ1) is 11.4. The molecule has 0 unspecified atom stereocenters. The van der Waals surface area contributed by atoms with Crippen LogP contribution in [0.15, 0.2) is 4.79 Å². The number of aromatic nitrogens is 2. The number of fused-ring (bicyclic) bond motifs is 1. The van der Waals surface area contributed by atoms with Gasteiger partial charge in [0.25, 0.3) is 5.56 Å². The fourth-order valence-corrected chi connectivity index (χ4v) is 2.36. The number of aryl methyl sites for hydroxylation is 2. The molecule has 1 aromatic heterocycles. The van der Waals surface area contributed by atoms with Crippen LogP contribution in [0.4, 0.5) is 0 Å². The molecule has 0 saturated heterocycles. The van der Waals surface area contributed by atoms with Crippen LogP contribution in [0, 0.1) is 0 Å². The van der Waals surface area contributed by atoms with Gasteiger partial charge >= 0.3 is 0 Å². The second kappa shape index (κ2) is 5.28. The molecule has 2 rings (SSSR count). The first-order valence-electron chi connectivity index (χ1n) is 6.42. The molecule has 0 fully saturated rings. The molecule has 3 heteroatoms. The molecule has 0 radical (unpaired) electrons. The predicted molar refractivity (Wildman–Crippen MR) is 64.7 cm³/mol. The Morgan fingerprint density at radius 1 is 1.19 bits per heavy atom. The van der Waals surface area contributed by atoms with E-state index in [0.29, 0.717) is 0 Å². The van der Waals surface area contributed by atoms with Gasteiger partial charge in [0.1, 0.15) is 5.82 Å². The predicted octanol–water partition coefficient (Wildman–Crippen LogP) is 2.38. The molecular weight excluding hydrogens is 200 g/mol. The van der Waals surface area contributed by atoms with Crippen LogP contribution in [-0.4, -0.2) is 9.97 Å². The molecule has 3 nitrogen and oxygen atoms in total. The highest BCUT2D eigenvalue weighted by atomic mass is 16.1.